The molecule has 1 amide bonds. The van der Waals surface area contributed by atoms with Crippen LogP contribution in [-0.4, -0.2) is 41.8 Å². The molecule has 5 nitrogen and oxygen atoms in total. The number of nitrogens with one attached hydrogen (secondary N) is 2. The number of benzene rings is 1. The van der Waals surface area contributed by atoms with E-state index in [0.717, 1.165) is 6.42 Å². The van der Waals surface area contributed by atoms with Gasteiger partial charge in [-0.05, 0) is 25.5 Å². The number of carbonyl (C=O) groups excluding carboxylic acids is 1. The lowest BCUT2D eigenvalue weighted by Crippen LogP contribution is -2.35. The van der Waals surface area contributed by atoms with Crippen LogP contribution in [0.2, 0.25) is 0 Å². The molecule has 0 fully saturated rings. The van der Waals surface area contributed by atoms with E-state index in [1.54, 1.807) is 19.4 Å². The van der Waals surface area contributed by atoms with Crippen LogP contribution in [0.4, 0.5) is 5.69 Å². The zero-order valence-electron chi connectivity index (χ0n) is 12.1. The van der Waals surface area contributed by atoms with Crippen molar-refractivity contribution in [2.24, 2.45) is 0 Å². The summed E-state index contributed by atoms with van der Waals surface area (Å²) in [7, 11) is 0.795. The van der Waals surface area contributed by atoms with E-state index in [9.17, 15) is 9.00 Å². The molecular formula is C14H22N2O3S. The Morgan fingerprint density at radius 1 is 1.45 bits per heavy atom. The first kappa shape index (κ1) is 16.7. The third-order valence-electron chi connectivity index (χ3n) is 2.80. The van der Waals surface area contributed by atoms with Crippen molar-refractivity contribution in [1.82, 2.24) is 5.32 Å². The summed E-state index contributed by atoms with van der Waals surface area (Å²) in [6, 6.07) is 7.38. The molecule has 2 N–H and O–H groups in total. The summed E-state index contributed by atoms with van der Waals surface area (Å²) in [5, 5.41) is 5.90. The fourth-order valence-corrected chi connectivity index (χ4v) is 2.30. The Labute approximate surface area is 122 Å². The van der Waals surface area contributed by atoms with Gasteiger partial charge in [0.1, 0.15) is 5.75 Å². The molecule has 112 valence electrons. The van der Waals surface area contributed by atoms with Crippen LogP contribution in [0.3, 0.4) is 0 Å². The fourth-order valence-electron chi connectivity index (χ4n) is 1.62. The highest BCUT2D eigenvalue weighted by Crippen LogP contribution is 2.16. The van der Waals surface area contributed by atoms with Crippen molar-refractivity contribution in [3.63, 3.8) is 0 Å². The van der Waals surface area contributed by atoms with Gasteiger partial charge in [0.15, 0.2) is 0 Å². The van der Waals surface area contributed by atoms with Gasteiger partial charge >= 0.3 is 0 Å². The van der Waals surface area contributed by atoms with Crippen molar-refractivity contribution in [2.75, 3.05) is 31.0 Å². The quantitative estimate of drug-likeness (QED) is 0.761. The van der Waals surface area contributed by atoms with Gasteiger partial charge in [-0.15, -0.1) is 0 Å². The van der Waals surface area contributed by atoms with Crippen molar-refractivity contribution in [3.05, 3.63) is 24.3 Å². The lowest BCUT2D eigenvalue weighted by Gasteiger charge is -2.13. The van der Waals surface area contributed by atoms with Gasteiger partial charge in [0.2, 0.25) is 5.91 Å². The average Bonchev–Trinajstić information content (AvgIpc) is 2.43. The first-order chi connectivity index (χ1) is 9.51. The number of hydrogen-bond donors (Lipinski definition) is 2. The van der Waals surface area contributed by atoms with Crippen molar-refractivity contribution in [1.29, 1.82) is 0 Å². The summed E-state index contributed by atoms with van der Waals surface area (Å²) in [6.07, 6.45) is 2.47. The summed E-state index contributed by atoms with van der Waals surface area (Å²) >= 11 is 0. The maximum absolute atomic E-state index is 11.8. The summed E-state index contributed by atoms with van der Waals surface area (Å²) in [5.41, 5.74) is 0.707. The molecule has 2 unspecified atom stereocenters. The van der Waals surface area contributed by atoms with E-state index in [1.165, 1.54) is 0 Å². The second-order valence-electron chi connectivity index (χ2n) is 4.63. The second kappa shape index (κ2) is 8.71. The summed E-state index contributed by atoms with van der Waals surface area (Å²) in [6.45, 7) is 2.21. The van der Waals surface area contributed by atoms with E-state index >= 15 is 0 Å². The Morgan fingerprint density at radius 3 is 2.85 bits per heavy atom. The van der Waals surface area contributed by atoms with Gasteiger partial charge in [-0.3, -0.25) is 9.00 Å². The van der Waals surface area contributed by atoms with Crippen LogP contribution in [0.15, 0.2) is 24.3 Å². The molecule has 1 aromatic rings. The van der Waals surface area contributed by atoms with Crippen LogP contribution in [0, 0.1) is 0 Å². The predicted molar refractivity (Wildman–Crippen MR) is 82.6 cm³/mol. The van der Waals surface area contributed by atoms with Gasteiger partial charge in [-0.25, -0.2) is 0 Å². The van der Waals surface area contributed by atoms with Gasteiger partial charge in [-0.1, -0.05) is 6.07 Å². The molecule has 1 aromatic carbocycles. The highest BCUT2D eigenvalue weighted by atomic mass is 32.2. The average molecular weight is 298 g/mol. The molecule has 0 aliphatic rings. The van der Waals surface area contributed by atoms with Gasteiger partial charge in [0.25, 0.3) is 0 Å². The Kier molecular flexibility index (Phi) is 7.25. The Hall–Kier alpha value is -1.40. The largest absolute Gasteiger partial charge is 0.497 e. The van der Waals surface area contributed by atoms with E-state index in [-0.39, 0.29) is 18.5 Å². The van der Waals surface area contributed by atoms with Crippen LogP contribution in [0.25, 0.3) is 0 Å². The lowest BCUT2D eigenvalue weighted by atomic mass is 10.2. The molecule has 2 atom stereocenters. The number of anilines is 1. The van der Waals surface area contributed by atoms with Gasteiger partial charge in [0, 0.05) is 40.6 Å². The molecule has 20 heavy (non-hydrogen) atoms. The molecule has 0 aliphatic heterocycles. The molecule has 0 saturated carbocycles. The molecule has 1 rings (SSSR count). The predicted octanol–water partition coefficient (Wildman–Crippen LogP) is 1.38. The first-order valence-electron chi connectivity index (χ1n) is 6.48. The summed E-state index contributed by atoms with van der Waals surface area (Å²) in [4.78, 5) is 11.8. The molecule has 0 saturated heterocycles. The minimum absolute atomic E-state index is 0.109. The standard InChI is InChI=1S/C14H22N2O3S/c1-11(7-8-20(3)18)15-10-14(17)16-12-5-4-6-13(9-12)19-2/h4-6,9,11,15H,7-8,10H2,1-3H3,(H,16,17). The number of rotatable bonds is 8. The van der Waals surface area contributed by atoms with E-state index in [0.29, 0.717) is 17.2 Å². The SMILES string of the molecule is COc1cccc(NC(=O)CNC(C)CCS(C)=O)c1. The zero-order chi connectivity index (χ0) is 15.0. The maximum atomic E-state index is 11.8. The topological polar surface area (TPSA) is 67.4 Å². The lowest BCUT2D eigenvalue weighted by molar-refractivity contribution is -0.115. The third kappa shape index (κ3) is 6.68. The maximum Gasteiger partial charge on any atom is 0.238 e. The van der Waals surface area contributed by atoms with Crippen molar-refractivity contribution >= 4 is 22.4 Å². The zero-order valence-corrected chi connectivity index (χ0v) is 13.0. The smallest absolute Gasteiger partial charge is 0.238 e. The van der Waals surface area contributed by atoms with E-state index in [1.807, 2.05) is 25.1 Å². The molecule has 6 heteroatoms. The monoisotopic (exact) mass is 298 g/mol. The fraction of sp³-hybridized carbons (Fsp3) is 0.500. The van der Waals surface area contributed by atoms with Crippen LogP contribution >= 0.6 is 0 Å². The number of carbonyl (C=O) groups is 1. The first-order valence-corrected chi connectivity index (χ1v) is 8.21. The number of amides is 1. The Morgan fingerprint density at radius 2 is 2.20 bits per heavy atom. The van der Waals surface area contributed by atoms with Crippen LogP contribution in [0.5, 0.6) is 5.75 Å². The number of methoxy groups -OCH3 is 1. The molecule has 0 heterocycles. The van der Waals surface area contributed by atoms with Crippen LogP contribution < -0.4 is 15.4 Å². The Balaban J connectivity index is 2.34. The van der Waals surface area contributed by atoms with Gasteiger partial charge in [0.05, 0.1) is 13.7 Å². The molecule has 0 aliphatic carbocycles. The van der Waals surface area contributed by atoms with Crippen molar-refractivity contribution in [3.8, 4) is 5.75 Å². The van der Waals surface area contributed by atoms with E-state index in [4.69, 9.17) is 4.74 Å². The van der Waals surface area contributed by atoms with Gasteiger partial charge < -0.3 is 15.4 Å². The third-order valence-corrected chi connectivity index (χ3v) is 3.61. The number of ether oxygens (including phenoxy) is 1. The summed E-state index contributed by atoms with van der Waals surface area (Å²) in [5.74, 6) is 1.24. The van der Waals surface area contributed by atoms with Crippen molar-refractivity contribution < 1.29 is 13.7 Å². The van der Waals surface area contributed by atoms with Gasteiger partial charge in [-0.2, -0.15) is 0 Å². The molecule has 0 bridgehead atoms. The summed E-state index contributed by atoms with van der Waals surface area (Å²) < 4.78 is 16.1. The molecule has 0 spiro atoms. The van der Waals surface area contributed by atoms with E-state index in [2.05, 4.69) is 10.6 Å². The highest BCUT2D eigenvalue weighted by molar-refractivity contribution is 7.84. The van der Waals surface area contributed by atoms with E-state index < -0.39 is 10.8 Å². The Bertz CT molecular complexity index is 465. The van der Waals surface area contributed by atoms with Crippen LogP contribution in [0.1, 0.15) is 13.3 Å². The molecule has 0 radical (unpaired) electrons. The minimum atomic E-state index is -0.790. The van der Waals surface area contributed by atoms with Crippen LogP contribution in [-0.2, 0) is 15.6 Å². The highest BCUT2D eigenvalue weighted by Gasteiger charge is 2.07. The second-order valence-corrected chi connectivity index (χ2v) is 6.18. The van der Waals surface area contributed by atoms with Crippen molar-refractivity contribution in [2.45, 2.75) is 19.4 Å². The number of hydrogen-bond acceptors (Lipinski definition) is 4. The molecular weight excluding hydrogens is 276 g/mol. The molecule has 0 aromatic heterocycles. The normalized spacial score (nSPS) is 13.6. The minimum Gasteiger partial charge on any atom is -0.497 e.